The van der Waals surface area contributed by atoms with E-state index < -0.39 is 21.6 Å². The van der Waals surface area contributed by atoms with Crippen molar-refractivity contribution < 1.29 is 22.8 Å². The number of sulfonamides is 1. The van der Waals surface area contributed by atoms with Crippen molar-refractivity contribution in [1.82, 2.24) is 14.5 Å². The van der Waals surface area contributed by atoms with Gasteiger partial charge in [-0.25, -0.2) is 13.2 Å². The lowest BCUT2D eigenvalue weighted by Gasteiger charge is -2.36. The number of nitrogens with one attached hydrogen (secondary N) is 1. The zero-order valence-electron chi connectivity index (χ0n) is 18.1. The van der Waals surface area contributed by atoms with Crippen molar-refractivity contribution in [2.24, 2.45) is 0 Å². The van der Waals surface area contributed by atoms with Crippen molar-refractivity contribution in [3.05, 3.63) is 23.8 Å². The molecule has 0 saturated carbocycles. The molecule has 4 amide bonds. The number of urea groups is 1. The Labute approximate surface area is 182 Å². The smallest absolute Gasteiger partial charge is 0.323 e. The van der Waals surface area contributed by atoms with Crippen molar-refractivity contribution in [1.29, 1.82) is 0 Å². The molecule has 1 spiro atoms. The van der Waals surface area contributed by atoms with Gasteiger partial charge in [-0.2, -0.15) is 4.31 Å². The summed E-state index contributed by atoms with van der Waals surface area (Å²) in [5.41, 5.74) is 0.589. The lowest BCUT2D eigenvalue weighted by Crippen LogP contribution is -2.55. The molecule has 0 bridgehead atoms. The van der Waals surface area contributed by atoms with Crippen LogP contribution in [-0.4, -0.2) is 66.7 Å². The topological polar surface area (TPSA) is 107 Å². The molecule has 4 rings (SSSR count). The van der Waals surface area contributed by atoms with Gasteiger partial charge in [0.1, 0.15) is 5.54 Å². The number of hydrogen-bond donors (Lipinski definition) is 1. The normalized spacial score (nSPS) is 23.4. The van der Waals surface area contributed by atoms with Gasteiger partial charge in [0.2, 0.25) is 15.9 Å². The summed E-state index contributed by atoms with van der Waals surface area (Å²) >= 11 is 0. The molecule has 1 atom stereocenters. The molecule has 2 saturated heterocycles. The van der Waals surface area contributed by atoms with Gasteiger partial charge in [-0.3, -0.25) is 14.5 Å². The van der Waals surface area contributed by atoms with Crippen LogP contribution in [0.1, 0.15) is 45.6 Å². The molecule has 3 aliphatic rings. The Morgan fingerprint density at radius 2 is 1.90 bits per heavy atom. The van der Waals surface area contributed by atoms with E-state index in [1.54, 1.807) is 17.0 Å². The van der Waals surface area contributed by atoms with Crippen LogP contribution in [0.3, 0.4) is 0 Å². The quantitative estimate of drug-likeness (QED) is 0.702. The summed E-state index contributed by atoms with van der Waals surface area (Å²) in [5, 5.41) is 2.80. The van der Waals surface area contributed by atoms with E-state index in [1.807, 2.05) is 13.8 Å². The molecule has 3 aliphatic heterocycles. The Kier molecular flexibility index (Phi) is 5.33. The van der Waals surface area contributed by atoms with Crippen molar-refractivity contribution in [2.75, 3.05) is 24.5 Å². The summed E-state index contributed by atoms with van der Waals surface area (Å²) in [6.07, 6.45) is 1.77. The Morgan fingerprint density at radius 1 is 1.23 bits per heavy atom. The van der Waals surface area contributed by atoms with E-state index in [4.69, 9.17) is 0 Å². The number of hydrogen-bond acceptors (Lipinski definition) is 5. The Bertz CT molecular complexity index is 1050. The van der Waals surface area contributed by atoms with Gasteiger partial charge in [-0.1, -0.05) is 6.92 Å². The molecule has 1 aromatic rings. The van der Waals surface area contributed by atoms with Crippen LogP contribution in [0.2, 0.25) is 0 Å². The van der Waals surface area contributed by atoms with Gasteiger partial charge in [0.05, 0.1) is 4.90 Å². The molecule has 0 aliphatic carbocycles. The maximum atomic E-state index is 13.3. The molecule has 3 heterocycles. The van der Waals surface area contributed by atoms with Gasteiger partial charge in [0.15, 0.2) is 0 Å². The second-order valence-corrected chi connectivity index (χ2v) is 10.5. The average Bonchev–Trinajstić information content (AvgIpc) is 3.16. The summed E-state index contributed by atoms with van der Waals surface area (Å²) in [4.78, 5) is 40.0. The zero-order chi connectivity index (χ0) is 22.6. The first-order valence-corrected chi connectivity index (χ1v) is 12.1. The molecular weight excluding hydrogens is 420 g/mol. The highest BCUT2D eigenvalue weighted by Gasteiger charge is 2.53. The molecule has 2 fully saturated rings. The number of benzene rings is 1. The predicted octanol–water partition coefficient (Wildman–Crippen LogP) is 1.47. The number of piperidine rings is 1. The highest BCUT2D eigenvalue weighted by atomic mass is 32.2. The number of nitrogens with zero attached hydrogens (tertiary/aromatic N) is 3. The standard InChI is InChI=1S/C21H28N4O5S/c1-4-9-24-19(27)21(22-20(24)28)7-10-23(11-8-21)31(29,30)17-5-6-18-16(13-17)12-14(2)25(18)15(3)26/h5-6,13-14H,4,7-12H2,1-3H3,(H,22,28)/t14-/m1/s1. The minimum absolute atomic E-state index is 0.0108. The summed E-state index contributed by atoms with van der Waals surface area (Å²) < 4.78 is 27.9. The minimum atomic E-state index is -3.75. The summed E-state index contributed by atoms with van der Waals surface area (Å²) in [5.74, 6) is -0.323. The number of amides is 4. The fourth-order valence-electron chi connectivity index (χ4n) is 4.95. The minimum Gasteiger partial charge on any atom is -0.323 e. The molecule has 1 N–H and O–H groups in total. The van der Waals surface area contributed by atoms with Crippen molar-refractivity contribution in [3.8, 4) is 0 Å². The van der Waals surface area contributed by atoms with E-state index in [0.29, 0.717) is 19.4 Å². The molecule has 168 valence electrons. The molecule has 31 heavy (non-hydrogen) atoms. The maximum absolute atomic E-state index is 13.3. The van der Waals surface area contributed by atoms with Crippen LogP contribution in [0, 0.1) is 0 Å². The first-order chi connectivity index (χ1) is 14.6. The second kappa shape index (κ2) is 7.59. The SMILES string of the molecule is CCCN1C(=O)NC2(CCN(S(=O)(=O)c3ccc4c(c3)C[C@@H](C)N4C(C)=O)CC2)C1=O. The highest BCUT2D eigenvalue weighted by molar-refractivity contribution is 7.89. The molecular formula is C21H28N4O5S. The highest BCUT2D eigenvalue weighted by Crippen LogP contribution is 2.36. The Hall–Kier alpha value is -2.46. The van der Waals surface area contributed by atoms with E-state index in [0.717, 1.165) is 11.3 Å². The number of rotatable bonds is 4. The number of carbonyl (C=O) groups excluding carboxylic acids is 3. The number of imide groups is 1. The number of fused-ring (bicyclic) bond motifs is 1. The van der Waals surface area contributed by atoms with Crippen molar-refractivity contribution in [2.45, 2.75) is 62.9 Å². The number of anilines is 1. The first kappa shape index (κ1) is 21.8. The van der Waals surface area contributed by atoms with Gasteiger partial charge >= 0.3 is 6.03 Å². The molecule has 10 heteroatoms. The van der Waals surface area contributed by atoms with Crippen LogP contribution in [0.25, 0.3) is 0 Å². The van der Waals surface area contributed by atoms with Crippen LogP contribution >= 0.6 is 0 Å². The summed E-state index contributed by atoms with van der Waals surface area (Å²) in [6.45, 7) is 6.01. The van der Waals surface area contributed by atoms with Crippen LogP contribution in [0.5, 0.6) is 0 Å². The Balaban J connectivity index is 1.52. The average molecular weight is 449 g/mol. The van der Waals surface area contributed by atoms with Crippen molar-refractivity contribution in [3.63, 3.8) is 0 Å². The van der Waals surface area contributed by atoms with Gasteiger partial charge in [0.25, 0.3) is 5.91 Å². The molecule has 0 unspecified atom stereocenters. The maximum Gasteiger partial charge on any atom is 0.325 e. The summed E-state index contributed by atoms with van der Waals surface area (Å²) in [6, 6.07) is 4.48. The lowest BCUT2D eigenvalue weighted by molar-refractivity contribution is -0.132. The van der Waals surface area contributed by atoms with E-state index in [2.05, 4.69) is 5.32 Å². The predicted molar refractivity (Wildman–Crippen MR) is 114 cm³/mol. The fraction of sp³-hybridized carbons (Fsp3) is 0.571. The van der Waals surface area contributed by atoms with Gasteiger partial charge in [-0.05, 0) is 56.4 Å². The summed E-state index contributed by atoms with van der Waals surface area (Å²) in [7, 11) is -3.75. The number of carbonyl (C=O) groups is 3. The zero-order valence-corrected chi connectivity index (χ0v) is 18.9. The lowest BCUT2D eigenvalue weighted by atomic mass is 9.88. The van der Waals surface area contributed by atoms with Gasteiger partial charge < -0.3 is 10.2 Å². The van der Waals surface area contributed by atoms with Crippen LogP contribution < -0.4 is 10.2 Å². The van der Waals surface area contributed by atoms with E-state index in [9.17, 15) is 22.8 Å². The molecule has 0 aromatic heterocycles. The van der Waals surface area contributed by atoms with Crippen molar-refractivity contribution >= 4 is 33.6 Å². The molecule has 0 radical (unpaired) electrons. The van der Waals surface area contributed by atoms with E-state index in [1.165, 1.54) is 22.2 Å². The molecule has 1 aromatic carbocycles. The second-order valence-electron chi connectivity index (χ2n) is 8.61. The largest absolute Gasteiger partial charge is 0.325 e. The third kappa shape index (κ3) is 3.41. The monoisotopic (exact) mass is 448 g/mol. The first-order valence-electron chi connectivity index (χ1n) is 10.7. The van der Waals surface area contributed by atoms with Crippen LogP contribution in [-0.2, 0) is 26.0 Å². The third-order valence-electron chi connectivity index (χ3n) is 6.51. The van der Waals surface area contributed by atoms with Crippen LogP contribution in [0.15, 0.2) is 23.1 Å². The van der Waals surface area contributed by atoms with Crippen LogP contribution in [0.4, 0.5) is 10.5 Å². The van der Waals surface area contributed by atoms with Gasteiger partial charge in [-0.15, -0.1) is 0 Å². The third-order valence-corrected chi connectivity index (χ3v) is 8.41. The Morgan fingerprint density at radius 3 is 2.52 bits per heavy atom. The van der Waals surface area contributed by atoms with E-state index in [-0.39, 0.29) is 48.7 Å². The van der Waals surface area contributed by atoms with E-state index >= 15 is 0 Å². The fourth-order valence-corrected chi connectivity index (χ4v) is 6.44. The van der Waals surface area contributed by atoms with Gasteiger partial charge in [0, 0.05) is 38.3 Å². The molecule has 9 nitrogen and oxygen atoms in total.